The van der Waals surface area contributed by atoms with Crippen molar-refractivity contribution < 1.29 is 5.11 Å². The third kappa shape index (κ3) is 2.61. The van der Waals surface area contributed by atoms with Gasteiger partial charge >= 0.3 is 0 Å². The molecular weight excluding hydrogens is 302 g/mol. The molecule has 0 aromatic heterocycles. The summed E-state index contributed by atoms with van der Waals surface area (Å²) in [7, 11) is 0. The summed E-state index contributed by atoms with van der Waals surface area (Å²) >= 11 is 3.57. The Bertz CT molecular complexity index is 597. The molecule has 1 aliphatic carbocycles. The summed E-state index contributed by atoms with van der Waals surface area (Å²) in [5.41, 5.74) is 3.67. The summed E-state index contributed by atoms with van der Waals surface area (Å²) in [5.74, 6) is 0.347. The van der Waals surface area contributed by atoms with E-state index in [0.717, 1.165) is 23.0 Å². The first-order chi connectivity index (χ1) is 9.24. The first-order valence-electron chi connectivity index (χ1n) is 6.57. The third-order valence-electron chi connectivity index (χ3n) is 3.65. The van der Waals surface area contributed by atoms with E-state index in [1.807, 2.05) is 30.3 Å². The monoisotopic (exact) mass is 317 g/mol. The quantitative estimate of drug-likeness (QED) is 0.845. The zero-order valence-electron chi connectivity index (χ0n) is 10.6. The second-order valence-corrected chi connectivity index (χ2v) is 5.81. The molecular formula is C16H16BrNO. The van der Waals surface area contributed by atoms with Crippen LogP contribution in [0.3, 0.4) is 0 Å². The van der Waals surface area contributed by atoms with Gasteiger partial charge in [0.15, 0.2) is 0 Å². The molecule has 0 fully saturated rings. The molecule has 3 heteroatoms. The zero-order valence-corrected chi connectivity index (χ0v) is 12.2. The molecule has 1 unspecified atom stereocenters. The fourth-order valence-corrected chi connectivity index (χ4v) is 3.10. The van der Waals surface area contributed by atoms with Gasteiger partial charge < -0.3 is 10.4 Å². The number of halogens is 1. The molecule has 3 rings (SSSR count). The van der Waals surface area contributed by atoms with Gasteiger partial charge in [0.1, 0.15) is 5.75 Å². The van der Waals surface area contributed by atoms with Gasteiger partial charge in [-0.2, -0.15) is 0 Å². The highest BCUT2D eigenvalue weighted by Gasteiger charge is 2.20. The number of hydrogen-bond donors (Lipinski definition) is 2. The topological polar surface area (TPSA) is 32.3 Å². The lowest BCUT2D eigenvalue weighted by Gasteiger charge is -2.27. The van der Waals surface area contributed by atoms with E-state index in [0.29, 0.717) is 5.75 Å². The molecule has 2 aromatic rings. The highest BCUT2D eigenvalue weighted by Crippen LogP contribution is 2.35. The molecule has 0 amide bonds. The first-order valence-corrected chi connectivity index (χ1v) is 7.36. The van der Waals surface area contributed by atoms with E-state index < -0.39 is 0 Å². The summed E-state index contributed by atoms with van der Waals surface area (Å²) in [6, 6.07) is 14.1. The molecule has 1 atom stereocenters. The predicted octanol–water partition coefficient (Wildman–Crippen LogP) is 4.64. The molecule has 0 saturated heterocycles. The molecule has 0 saturated carbocycles. The van der Waals surface area contributed by atoms with Gasteiger partial charge in [-0.25, -0.2) is 0 Å². The Hall–Kier alpha value is -1.48. The number of para-hydroxylation sites is 1. The van der Waals surface area contributed by atoms with Gasteiger partial charge in [-0.3, -0.25) is 0 Å². The molecule has 0 bridgehead atoms. The maximum absolute atomic E-state index is 9.69. The number of hydrogen-bond acceptors (Lipinski definition) is 2. The van der Waals surface area contributed by atoms with Crippen LogP contribution in [0.4, 0.5) is 5.69 Å². The van der Waals surface area contributed by atoms with Crippen molar-refractivity contribution in [2.24, 2.45) is 0 Å². The number of rotatable bonds is 2. The lowest BCUT2D eigenvalue weighted by molar-refractivity contribution is 0.471. The van der Waals surface area contributed by atoms with E-state index >= 15 is 0 Å². The molecule has 0 spiro atoms. The number of nitrogens with one attached hydrogen (secondary N) is 1. The fraction of sp³-hybridized carbons (Fsp3) is 0.250. The van der Waals surface area contributed by atoms with Crippen molar-refractivity contribution in [2.75, 3.05) is 5.32 Å². The van der Waals surface area contributed by atoms with Crippen LogP contribution in [0, 0.1) is 0 Å². The lowest BCUT2D eigenvalue weighted by Crippen LogP contribution is -2.17. The van der Waals surface area contributed by atoms with Crippen molar-refractivity contribution in [3.05, 3.63) is 58.1 Å². The summed E-state index contributed by atoms with van der Waals surface area (Å²) in [6.07, 6.45) is 3.38. The Balaban J connectivity index is 1.92. The Morgan fingerprint density at radius 3 is 2.84 bits per heavy atom. The number of phenolic OH excluding ortho intramolecular Hbond substituents is 1. The van der Waals surface area contributed by atoms with E-state index in [2.05, 4.69) is 27.3 Å². The first kappa shape index (κ1) is 12.5. The number of anilines is 1. The molecule has 0 heterocycles. The predicted molar refractivity (Wildman–Crippen MR) is 81.6 cm³/mol. The Morgan fingerprint density at radius 1 is 1.16 bits per heavy atom. The Labute approximate surface area is 121 Å². The summed E-state index contributed by atoms with van der Waals surface area (Å²) in [4.78, 5) is 0. The molecule has 0 radical (unpaired) electrons. The van der Waals surface area contributed by atoms with E-state index in [4.69, 9.17) is 0 Å². The fourth-order valence-electron chi connectivity index (χ4n) is 2.70. The second kappa shape index (κ2) is 5.25. The normalized spacial score (nSPS) is 17.8. The smallest absolute Gasteiger partial charge is 0.115 e. The summed E-state index contributed by atoms with van der Waals surface area (Å²) in [6.45, 7) is 0. The number of aromatic hydroxyl groups is 1. The van der Waals surface area contributed by atoms with Gasteiger partial charge in [0.2, 0.25) is 0 Å². The Kier molecular flexibility index (Phi) is 3.47. The second-order valence-electron chi connectivity index (χ2n) is 4.95. The van der Waals surface area contributed by atoms with Crippen LogP contribution in [-0.4, -0.2) is 5.11 Å². The number of phenols is 1. The summed E-state index contributed by atoms with van der Waals surface area (Å²) in [5, 5.41) is 13.3. The van der Waals surface area contributed by atoms with Crippen molar-refractivity contribution >= 4 is 21.6 Å². The lowest BCUT2D eigenvalue weighted by atomic mass is 9.87. The number of benzene rings is 2. The van der Waals surface area contributed by atoms with Gasteiger partial charge in [-0.1, -0.05) is 18.2 Å². The van der Waals surface area contributed by atoms with E-state index in [1.165, 1.54) is 17.5 Å². The van der Waals surface area contributed by atoms with Crippen molar-refractivity contribution in [1.29, 1.82) is 0 Å². The van der Waals surface area contributed by atoms with Crippen LogP contribution in [0.25, 0.3) is 0 Å². The largest absolute Gasteiger partial charge is 0.508 e. The van der Waals surface area contributed by atoms with E-state index in [9.17, 15) is 5.11 Å². The Morgan fingerprint density at radius 2 is 2.00 bits per heavy atom. The van der Waals surface area contributed by atoms with E-state index in [-0.39, 0.29) is 6.04 Å². The van der Waals surface area contributed by atoms with Crippen LogP contribution < -0.4 is 5.32 Å². The minimum Gasteiger partial charge on any atom is -0.508 e. The van der Waals surface area contributed by atoms with Gasteiger partial charge in [0.25, 0.3) is 0 Å². The molecule has 19 heavy (non-hydrogen) atoms. The van der Waals surface area contributed by atoms with Crippen LogP contribution in [-0.2, 0) is 6.42 Å². The van der Waals surface area contributed by atoms with Gasteiger partial charge in [-0.05, 0) is 70.6 Å². The maximum Gasteiger partial charge on any atom is 0.115 e. The molecule has 1 aliphatic rings. The molecule has 2 N–H and O–H groups in total. The van der Waals surface area contributed by atoms with Crippen molar-refractivity contribution in [3.8, 4) is 5.75 Å². The molecule has 2 aromatic carbocycles. The average molecular weight is 318 g/mol. The zero-order chi connectivity index (χ0) is 13.2. The van der Waals surface area contributed by atoms with Crippen LogP contribution in [0.2, 0.25) is 0 Å². The SMILES string of the molecule is Oc1ccc2c(c1)C(Nc1ccccc1Br)CCC2. The number of aryl methyl sites for hydroxylation is 1. The standard InChI is InChI=1S/C16H16BrNO/c17-14-5-1-2-6-16(14)18-15-7-3-4-11-8-9-12(19)10-13(11)15/h1-2,5-6,8-10,15,18-19H,3-4,7H2. The molecule has 2 nitrogen and oxygen atoms in total. The van der Waals surface area contributed by atoms with Gasteiger partial charge in [0, 0.05) is 10.2 Å². The van der Waals surface area contributed by atoms with Crippen LogP contribution >= 0.6 is 15.9 Å². The van der Waals surface area contributed by atoms with Crippen molar-refractivity contribution in [2.45, 2.75) is 25.3 Å². The van der Waals surface area contributed by atoms with E-state index in [1.54, 1.807) is 6.07 Å². The highest BCUT2D eigenvalue weighted by atomic mass is 79.9. The van der Waals surface area contributed by atoms with Crippen LogP contribution in [0.5, 0.6) is 5.75 Å². The highest BCUT2D eigenvalue weighted by molar-refractivity contribution is 9.10. The maximum atomic E-state index is 9.69. The van der Waals surface area contributed by atoms with Crippen molar-refractivity contribution in [1.82, 2.24) is 0 Å². The third-order valence-corrected chi connectivity index (χ3v) is 4.34. The number of fused-ring (bicyclic) bond motifs is 1. The van der Waals surface area contributed by atoms with Gasteiger partial charge in [-0.15, -0.1) is 0 Å². The van der Waals surface area contributed by atoms with Crippen LogP contribution in [0.15, 0.2) is 46.9 Å². The minimum atomic E-state index is 0.273. The summed E-state index contributed by atoms with van der Waals surface area (Å²) < 4.78 is 1.07. The van der Waals surface area contributed by atoms with Crippen LogP contribution in [0.1, 0.15) is 30.0 Å². The van der Waals surface area contributed by atoms with Gasteiger partial charge in [0.05, 0.1) is 6.04 Å². The minimum absolute atomic E-state index is 0.273. The van der Waals surface area contributed by atoms with Crippen molar-refractivity contribution in [3.63, 3.8) is 0 Å². The average Bonchev–Trinajstić information content (AvgIpc) is 2.42. The molecule has 0 aliphatic heterocycles. The molecule has 98 valence electrons.